The number of nitrogens with one attached hydrogen (secondary N) is 3. The topological polar surface area (TPSA) is 66.2 Å². The molecule has 0 aliphatic rings. The number of fused-ring (bicyclic) bond motifs is 1. The summed E-state index contributed by atoms with van der Waals surface area (Å²) in [4.78, 5) is 14.9. The second-order valence-corrected chi connectivity index (χ2v) is 4.47. The number of ether oxygens (including phenoxy) is 1. The first-order chi connectivity index (χ1) is 9.19. The fourth-order valence-electron chi connectivity index (χ4n) is 1.94. The predicted molar refractivity (Wildman–Crippen MR) is 76.4 cm³/mol. The van der Waals surface area contributed by atoms with Crippen molar-refractivity contribution >= 4 is 22.5 Å². The van der Waals surface area contributed by atoms with Crippen molar-refractivity contribution in [2.45, 2.75) is 6.92 Å². The Balaban J connectivity index is 1.91. The number of H-pyrrole nitrogens is 1. The molecule has 0 saturated heterocycles. The van der Waals surface area contributed by atoms with Gasteiger partial charge in [-0.05, 0) is 31.2 Å². The van der Waals surface area contributed by atoms with Crippen molar-refractivity contribution in [2.75, 3.05) is 32.1 Å². The Hall–Kier alpha value is -1.85. The van der Waals surface area contributed by atoms with Crippen LogP contribution in [0.3, 0.4) is 0 Å². The Bertz CT molecular complexity index is 563. The van der Waals surface area contributed by atoms with E-state index >= 15 is 0 Å². The van der Waals surface area contributed by atoms with Crippen molar-refractivity contribution in [2.24, 2.45) is 0 Å². The third-order valence-electron chi connectivity index (χ3n) is 2.81. The van der Waals surface area contributed by atoms with Crippen LogP contribution in [0.4, 0.5) is 5.69 Å². The summed E-state index contributed by atoms with van der Waals surface area (Å²) in [5.41, 5.74) is 3.00. The maximum absolute atomic E-state index is 11.7. The van der Waals surface area contributed by atoms with Gasteiger partial charge >= 0.3 is 0 Å². The smallest absolute Gasteiger partial charge is 0.238 e. The SMILES string of the molecule is COCCNCC(=O)Nc1ccc2[nH]c(C)cc2c1. The maximum atomic E-state index is 11.7. The molecule has 0 aliphatic heterocycles. The summed E-state index contributed by atoms with van der Waals surface area (Å²) in [6.07, 6.45) is 0. The molecule has 2 aromatic rings. The molecule has 5 heteroatoms. The average Bonchev–Trinajstić information content (AvgIpc) is 2.74. The predicted octanol–water partition coefficient (Wildman–Crippen LogP) is 1.65. The van der Waals surface area contributed by atoms with Gasteiger partial charge in [0.15, 0.2) is 0 Å². The third kappa shape index (κ3) is 3.81. The summed E-state index contributed by atoms with van der Waals surface area (Å²) >= 11 is 0. The Morgan fingerprint density at radius 2 is 2.21 bits per heavy atom. The van der Waals surface area contributed by atoms with E-state index in [4.69, 9.17) is 4.74 Å². The second-order valence-electron chi connectivity index (χ2n) is 4.47. The first kappa shape index (κ1) is 13.6. The van der Waals surface area contributed by atoms with Gasteiger partial charge in [0.2, 0.25) is 5.91 Å². The van der Waals surface area contributed by atoms with E-state index in [1.54, 1.807) is 7.11 Å². The van der Waals surface area contributed by atoms with E-state index in [2.05, 4.69) is 21.7 Å². The highest BCUT2D eigenvalue weighted by atomic mass is 16.5. The molecule has 0 bridgehead atoms. The first-order valence-electron chi connectivity index (χ1n) is 6.28. The zero-order valence-corrected chi connectivity index (χ0v) is 11.2. The van der Waals surface area contributed by atoms with Gasteiger partial charge in [-0.2, -0.15) is 0 Å². The fraction of sp³-hybridized carbons (Fsp3) is 0.357. The molecule has 1 aromatic heterocycles. The van der Waals surface area contributed by atoms with Crippen LogP contribution < -0.4 is 10.6 Å². The number of aromatic nitrogens is 1. The molecule has 0 radical (unpaired) electrons. The van der Waals surface area contributed by atoms with Gasteiger partial charge in [-0.15, -0.1) is 0 Å². The number of carbonyl (C=O) groups is 1. The minimum absolute atomic E-state index is 0.0530. The molecule has 19 heavy (non-hydrogen) atoms. The van der Waals surface area contributed by atoms with E-state index in [1.807, 2.05) is 25.1 Å². The Kier molecular flexibility index (Phi) is 4.54. The van der Waals surface area contributed by atoms with Crippen LogP contribution in [0.1, 0.15) is 5.69 Å². The van der Waals surface area contributed by atoms with Gasteiger partial charge in [0, 0.05) is 35.9 Å². The molecule has 0 saturated carbocycles. The highest BCUT2D eigenvalue weighted by molar-refractivity contribution is 5.95. The van der Waals surface area contributed by atoms with E-state index in [0.29, 0.717) is 13.2 Å². The number of hydrogen-bond acceptors (Lipinski definition) is 3. The highest BCUT2D eigenvalue weighted by Gasteiger charge is 2.03. The molecule has 0 atom stereocenters. The molecular weight excluding hydrogens is 242 g/mol. The van der Waals surface area contributed by atoms with Crippen LogP contribution in [0.15, 0.2) is 24.3 Å². The number of methoxy groups -OCH3 is 1. The summed E-state index contributed by atoms with van der Waals surface area (Å²) in [6.45, 7) is 3.56. The molecule has 0 fully saturated rings. The zero-order chi connectivity index (χ0) is 13.7. The summed E-state index contributed by atoms with van der Waals surface area (Å²) < 4.78 is 4.89. The number of anilines is 1. The molecule has 0 unspecified atom stereocenters. The zero-order valence-electron chi connectivity index (χ0n) is 11.2. The molecule has 5 nitrogen and oxygen atoms in total. The van der Waals surface area contributed by atoms with Gasteiger partial charge in [-0.25, -0.2) is 0 Å². The minimum Gasteiger partial charge on any atom is -0.383 e. The first-order valence-corrected chi connectivity index (χ1v) is 6.28. The van der Waals surface area contributed by atoms with E-state index < -0.39 is 0 Å². The lowest BCUT2D eigenvalue weighted by atomic mass is 10.2. The number of aromatic amines is 1. The van der Waals surface area contributed by atoms with Crippen LogP contribution in [0.5, 0.6) is 0 Å². The Labute approximate surface area is 112 Å². The van der Waals surface area contributed by atoms with Crippen LogP contribution in [0, 0.1) is 6.92 Å². The monoisotopic (exact) mass is 261 g/mol. The number of carbonyl (C=O) groups excluding carboxylic acids is 1. The number of amides is 1. The standard InChI is InChI=1S/C14H19N3O2/c1-10-7-11-8-12(3-4-13(11)16-10)17-14(18)9-15-5-6-19-2/h3-4,7-8,15-16H,5-6,9H2,1-2H3,(H,17,18). The molecule has 3 N–H and O–H groups in total. The largest absolute Gasteiger partial charge is 0.383 e. The molecule has 102 valence electrons. The summed E-state index contributed by atoms with van der Waals surface area (Å²) in [6, 6.07) is 7.88. The van der Waals surface area contributed by atoms with Gasteiger partial charge in [0.25, 0.3) is 0 Å². The number of benzene rings is 1. The summed E-state index contributed by atoms with van der Waals surface area (Å²) in [5, 5.41) is 6.97. The minimum atomic E-state index is -0.0530. The van der Waals surface area contributed by atoms with Crippen LogP contribution in [0.25, 0.3) is 10.9 Å². The fourth-order valence-corrected chi connectivity index (χ4v) is 1.94. The van der Waals surface area contributed by atoms with E-state index in [9.17, 15) is 4.79 Å². The van der Waals surface area contributed by atoms with Crippen LogP contribution >= 0.6 is 0 Å². The number of aryl methyl sites for hydroxylation is 1. The number of hydrogen-bond donors (Lipinski definition) is 3. The Morgan fingerprint density at radius 1 is 1.37 bits per heavy atom. The molecule has 1 heterocycles. The molecule has 0 spiro atoms. The Morgan fingerprint density at radius 3 is 3.00 bits per heavy atom. The second kappa shape index (κ2) is 6.36. The van der Waals surface area contributed by atoms with E-state index in [1.165, 1.54) is 0 Å². The molecule has 0 aliphatic carbocycles. The highest BCUT2D eigenvalue weighted by Crippen LogP contribution is 2.19. The van der Waals surface area contributed by atoms with Crippen molar-refractivity contribution < 1.29 is 9.53 Å². The van der Waals surface area contributed by atoms with E-state index in [0.717, 1.165) is 22.3 Å². The third-order valence-corrected chi connectivity index (χ3v) is 2.81. The van der Waals surface area contributed by atoms with Gasteiger partial charge in [-0.3, -0.25) is 4.79 Å². The van der Waals surface area contributed by atoms with Gasteiger partial charge in [0.05, 0.1) is 13.2 Å². The van der Waals surface area contributed by atoms with Crippen molar-refractivity contribution in [1.82, 2.24) is 10.3 Å². The van der Waals surface area contributed by atoms with Crippen LogP contribution in [-0.4, -0.2) is 37.7 Å². The van der Waals surface area contributed by atoms with Gasteiger partial charge < -0.3 is 20.4 Å². The van der Waals surface area contributed by atoms with Crippen LogP contribution in [-0.2, 0) is 9.53 Å². The van der Waals surface area contributed by atoms with E-state index in [-0.39, 0.29) is 12.5 Å². The van der Waals surface area contributed by atoms with Crippen molar-refractivity contribution in [3.05, 3.63) is 30.0 Å². The molecular formula is C14H19N3O2. The van der Waals surface area contributed by atoms with Crippen molar-refractivity contribution in [3.63, 3.8) is 0 Å². The lowest BCUT2D eigenvalue weighted by Crippen LogP contribution is -2.30. The van der Waals surface area contributed by atoms with Gasteiger partial charge in [-0.1, -0.05) is 0 Å². The average molecular weight is 261 g/mol. The quantitative estimate of drug-likeness (QED) is 0.693. The lowest BCUT2D eigenvalue weighted by molar-refractivity contribution is -0.115. The number of rotatable bonds is 6. The summed E-state index contributed by atoms with van der Waals surface area (Å²) in [5.74, 6) is -0.0530. The molecule has 2 rings (SSSR count). The van der Waals surface area contributed by atoms with Crippen molar-refractivity contribution in [1.29, 1.82) is 0 Å². The van der Waals surface area contributed by atoms with Crippen molar-refractivity contribution in [3.8, 4) is 0 Å². The lowest BCUT2D eigenvalue weighted by Gasteiger charge is -2.06. The summed E-state index contributed by atoms with van der Waals surface area (Å²) in [7, 11) is 1.63. The molecule has 1 aromatic carbocycles. The normalized spacial score (nSPS) is 10.8. The van der Waals surface area contributed by atoms with Crippen LogP contribution in [0.2, 0.25) is 0 Å². The molecule has 1 amide bonds. The van der Waals surface area contributed by atoms with Gasteiger partial charge in [0.1, 0.15) is 0 Å². The maximum Gasteiger partial charge on any atom is 0.238 e.